The standard InChI is InChI=1S/C19H29N5O2/c1-14-12-20-16(21-14)13-24(2)19(25)11-10-18-23-22-17(26-18)9-8-15-6-4-3-5-7-15/h12,15H,3-11,13H2,1-2H3,(H,20,21). The number of H-pyrrole nitrogens is 1. The lowest BCUT2D eigenvalue weighted by Crippen LogP contribution is -2.26. The molecule has 0 aromatic carbocycles. The largest absolute Gasteiger partial charge is 0.425 e. The third-order valence-corrected chi connectivity index (χ3v) is 5.12. The minimum atomic E-state index is 0.0426. The lowest BCUT2D eigenvalue weighted by molar-refractivity contribution is -0.130. The number of aromatic amines is 1. The van der Waals surface area contributed by atoms with Crippen molar-refractivity contribution < 1.29 is 9.21 Å². The summed E-state index contributed by atoms with van der Waals surface area (Å²) in [5.74, 6) is 2.90. The van der Waals surface area contributed by atoms with Crippen LogP contribution in [-0.2, 0) is 24.2 Å². The van der Waals surface area contributed by atoms with Crippen molar-refractivity contribution in [2.24, 2.45) is 5.92 Å². The molecule has 0 atom stereocenters. The van der Waals surface area contributed by atoms with E-state index in [2.05, 4.69) is 20.2 Å². The fourth-order valence-electron chi connectivity index (χ4n) is 3.56. The fourth-order valence-corrected chi connectivity index (χ4v) is 3.56. The summed E-state index contributed by atoms with van der Waals surface area (Å²) >= 11 is 0. The second kappa shape index (κ2) is 8.96. The second-order valence-corrected chi connectivity index (χ2v) is 7.39. The summed E-state index contributed by atoms with van der Waals surface area (Å²) < 4.78 is 5.71. The Balaban J connectivity index is 1.40. The van der Waals surface area contributed by atoms with Crippen molar-refractivity contribution in [2.75, 3.05) is 7.05 Å². The average Bonchev–Trinajstić information content (AvgIpc) is 3.27. The van der Waals surface area contributed by atoms with Crippen molar-refractivity contribution in [3.05, 3.63) is 29.5 Å². The van der Waals surface area contributed by atoms with Crippen LogP contribution in [0.4, 0.5) is 0 Å². The van der Waals surface area contributed by atoms with Crippen molar-refractivity contribution in [3.8, 4) is 0 Å². The molecule has 1 aliphatic carbocycles. The number of aromatic nitrogens is 4. The maximum Gasteiger partial charge on any atom is 0.223 e. The van der Waals surface area contributed by atoms with Gasteiger partial charge in [-0.15, -0.1) is 10.2 Å². The predicted octanol–water partition coefficient (Wildman–Crippen LogP) is 3.21. The molecular formula is C19H29N5O2. The molecule has 0 saturated heterocycles. The number of imidazole rings is 1. The van der Waals surface area contributed by atoms with Crippen LogP contribution in [0.3, 0.4) is 0 Å². The zero-order chi connectivity index (χ0) is 18.4. The third kappa shape index (κ3) is 5.41. The van der Waals surface area contributed by atoms with Gasteiger partial charge in [0.05, 0.1) is 6.54 Å². The number of rotatable bonds is 8. The van der Waals surface area contributed by atoms with Gasteiger partial charge in [-0.1, -0.05) is 32.1 Å². The van der Waals surface area contributed by atoms with Gasteiger partial charge in [0.2, 0.25) is 17.7 Å². The number of nitrogens with zero attached hydrogens (tertiary/aromatic N) is 4. The molecule has 1 saturated carbocycles. The van der Waals surface area contributed by atoms with Gasteiger partial charge in [0.1, 0.15) is 5.82 Å². The highest BCUT2D eigenvalue weighted by Crippen LogP contribution is 2.27. The summed E-state index contributed by atoms with van der Waals surface area (Å²) in [5, 5.41) is 8.23. The van der Waals surface area contributed by atoms with E-state index in [-0.39, 0.29) is 5.91 Å². The Kier molecular flexibility index (Phi) is 6.41. The fraction of sp³-hybridized carbons (Fsp3) is 0.684. The van der Waals surface area contributed by atoms with E-state index in [0.29, 0.717) is 31.2 Å². The van der Waals surface area contributed by atoms with Gasteiger partial charge in [0.25, 0.3) is 0 Å². The number of hydrogen-bond donors (Lipinski definition) is 1. The van der Waals surface area contributed by atoms with Crippen LogP contribution in [0.2, 0.25) is 0 Å². The van der Waals surface area contributed by atoms with Gasteiger partial charge in [-0.25, -0.2) is 4.98 Å². The maximum atomic E-state index is 12.3. The Labute approximate surface area is 154 Å². The first-order valence-corrected chi connectivity index (χ1v) is 9.66. The summed E-state index contributed by atoms with van der Waals surface area (Å²) in [6, 6.07) is 0. The summed E-state index contributed by atoms with van der Waals surface area (Å²) in [4.78, 5) is 21.3. The van der Waals surface area contributed by atoms with Crippen molar-refractivity contribution >= 4 is 5.91 Å². The SMILES string of the molecule is Cc1cnc(CN(C)C(=O)CCc2nnc(CCC3CCCCC3)o2)[nH]1. The molecule has 7 heteroatoms. The highest BCUT2D eigenvalue weighted by molar-refractivity contribution is 5.75. The molecule has 0 unspecified atom stereocenters. The Morgan fingerprint density at radius 3 is 2.65 bits per heavy atom. The minimum Gasteiger partial charge on any atom is -0.425 e. The lowest BCUT2D eigenvalue weighted by atomic mass is 9.86. The summed E-state index contributed by atoms with van der Waals surface area (Å²) in [5.41, 5.74) is 0.993. The predicted molar refractivity (Wildman–Crippen MR) is 97.3 cm³/mol. The molecule has 2 heterocycles. The highest BCUT2D eigenvalue weighted by Gasteiger charge is 2.16. The molecule has 0 aliphatic heterocycles. The molecule has 2 aromatic heterocycles. The van der Waals surface area contributed by atoms with Gasteiger partial charge in [-0.3, -0.25) is 4.79 Å². The summed E-state index contributed by atoms with van der Waals surface area (Å²) in [6.07, 6.45) is 11.3. The Bertz CT molecular complexity index is 702. The molecule has 7 nitrogen and oxygen atoms in total. The lowest BCUT2D eigenvalue weighted by Gasteiger charge is -2.20. The second-order valence-electron chi connectivity index (χ2n) is 7.39. The summed E-state index contributed by atoms with van der Waals surface area (Å²) in [7, 11) is 1.78. The van der Waals surface area contributed by atoms with E-state index in [1.807, 2.05) is 6.92 Å². The van der Waals surface area contributed by atoms with E-state index >= 15 is 0 Å². The maximum absolute atomic E-state index is 12.3. The molecule has 0 spiro atoms. The van der Waals surface area contributed by atoms with Crippen molar-refractivity contribution in [3.63, 3.8) is 0 Å². The highest BCUT2D eigenvalue weighted by atomic mass is 16.4. The van der Waals surface area contributed by atoms with Gasteiger partial charge < -0.3 is 14.3 Å². The third-order valence-electron chi connectivity index (χ3n) is 5.12. The molecule has 26 heavy (non-hydrogen) atoms. The van der Waals surface area contributed by atoms with Gasteiger partial charge in [0.15, 0.2) is 0 Å². The van der Waals surface area contributed by atoms with Crippen LogP contribution in [0, 0.1) is 12.8 Å². The van der Waals surface area contributed by atoms with E-state index in [1.54, 1.807) is 18.1 Å². The van der Waals surface area contributed by atoms with E-state index in [9.17, 15) is 4.79 Å². The normalized spacial score (nSPS) is 15.3. The minimum absolute atomic E-state index is 0.0426. The zero-order valence-electron chi connectivity index (χ0n) is 15.8. The Morgan fingerprint density at radius 1 is 1.23 bits per heavy atom. The van der Waals surface area contributed by atoms with Crippen LogP contribution < -0.4 is 0 Å². The molecule has 2 aromatic rings. The molecule has 1 fully saturated rings. The first kappa shape index (κ1) is 18.6. The first-order chi connectivity index (χ1) is 12.6. The molecule has 0 bridgehead atoms. The molecular weight excluding hydrogens is 330 g/mol. The van der Waals surface area contributed by atoms with Crippen molar-refractivity contribution in [1.29, 1.82) is 0 Å². The van der Waals surface area contributed by atoms with Crippen molar-refractivity contribution in [1.82, 2.24) is 25.1 Å². The van der Waals surface area contributed by atoms with Crippen LogP contribution in [0.1, 0.15) is 68.2 Å². The van der Waals surface area contributed by atoms with Crippen LogP contribution in [0.15, 0.2) is 10.6 Å². The summed E-state index contributed by atoms with van der Waals surface area (Å²) in [6.45, 7) is 2.42. The molecule has 1 amide bonds. The molecule has 142 valence electrons. The zero-order valence-corrected chi connectivity index (χ0v) is 15.8. The molecule has 0 radical (unpaired) electrons. The number of aryl methyl sites for hydroxylation is 3. The number of carbonyl (C=O) groups is 1. The molecule has 1 aliphatic rings. The van der Waals surface area contributed by atoms with Gasteiger partial charge in [0, 0.05) is 38.2 Å². The topological polar surface area (TPSA) is 87.9 Å². The average molecular weight is 359 g/mol. The molecule has 1 N–H and O–H groups in total. The van der Waals surface area contributed by atoms with Crippen LogP contribution in [-0.4, -0.2) is 38.0 Å². The quantitative estimate of drug-likeness (QED) is 0.782. The Morgan fingerprint density at radius 2 is 1.96 bits per heavy atom. The van der Waals surface area contributed by atoms with E-state index in [1.165, 1.54) is 32.1 Å². The number of hydrogen-bond acceptors (Lipinski definition) is 5. The van der Waals surface area contributed by atoms with E-state index in [0.717, 1.165) is 30.3 Å². The number of carbonyl (C=O) groups excluding carboxylic acids is 1. The molecule has 3 rings (SSSR count). The van der Waals surface area contributed by atoms with Gasteiger partial charge >= 0.3 is 0 Å². The van der Waals surface area contributed by atoms with E-state index in [4.69, 9.17) is 4.42 Å². The van der Waals surface area contributed by atoms with Crippen LogP contribution in [0.25, 0.3) is 0 Å². The van der Waals surface area contributed by atoms with Crippen molar-refractivity contribution in [2.45, 2.75) is 71.3 Å². The van der Waals surface area contributed by atoms with Crippen LogP contribution >= 0.6 is 0 Å². The monoisotopic (exact) mass is 359 g/mol. The first-order valence-electron chi connectivity index (χ1n) is 9.66. The van der Waals surface area contributed by atoms with Crippen LogP contribution in [0.5, 0.6) is 0 Å². The van der Waals surface area contributed by atoms with E-state index < -0.39 is 0 Å². The number of amides is 1. The smallest absolute Gasteiger partial charge is 0.223 e. The Hall–Kier alpha value is -2.18. The van der Waals surface area contributed by atoms with Gasteiger partial charge in [-0.05, 0) is 19.3 Å². The van der Waals surface area contributed by atoms with Gasteiger partial charge in [-0.2, -0.15) is 0 Å². The number of nitrogens with one attached hydrogen (secondary N) is 1.